The van der Waals surface area contributed by atoms with Crippen molar-refractivity contribution < 1.29 is 23.8 Å². The SMILES string of the molecule is COc1ccc(-c2ccc(OCCc3cc(C(=O)O)oc3C)cc2)nc1. The molecule has 1 aromatic carbocycles. The van der Waals surface area contributed by atoms with Gasteiger partial charge in [0.1, 0.15) is 17.3 Å². The Balaban J connectivity index is 1.58. The Bertz CT molecular complexity index is 882. The van der Waals surface area contributed by atoms with Gasteiger partial charge in [0, 0.05) is 12.0 Å². The van der Waals surface area contributed by atoms with Crippen LogP contribution < -0.4 is 9.47 Å². The summed E-state index contributed by atoms with van der Waals surface area (Å²) in [5, 5.41) is 8.94. The van der Waals surface area contributed by atoms with Gasteiger partial charge in [-0.1, -0.05) is 0 Å². The molecule has 0 atom stereocenters. The summed E-state index contributed by atoms with van der Waals surface area (Å²) >= 11 is 0. The Hall–Kier alpha value is -3.28. The summed E-state index contributed by atoms with van der Waals surface area (Å²) in [7, 11) is 1.61. The van der Waals surface area contributed by atoms with Crippen molar-refractivity contribution in [3.8, 4) is 22.8 Å². The van der Waals surface area contributed by atoms with Crippen molar-refractivity contribution in [1.82, 2.24) is 4.98 Å². The maximum absolute atomic E-state index is 10.9. The number of pyridine rings is 1. The first-order valence-corrected chi connectivity index (χ1v) is 8.12. The standard InChI is InChI=1S/C20H19NO5/c1-13-15(11-19(26-13)20(22)23)9-10-25-16-5-3-14(4-6-16)18-8-7-17(24-2)12-21-18/h3-8,11-12H,9-10H2,1-2H3,(H,22,23). The molecule has 0 saturated heterocycles. The molecule has 0 fully saturated rings. The average Bonchev–Trinajstić information content (AvgIpc) is 3.04. The number of methoxy groups -OCH3 is 1. The summed E-state index contributed by atoms with van der Waals surface area (Å²) in [6, 6.07) is 12.9. The highest BCUT2D eigenvalue weighted by atomic mass is 16.5. The molecule has 0 radical (unpaired) electrons. The molecule has 0 aliphatic carbocycles. The third-order valence-corrected chi connectivity index (χ3v) is 3.99. The molecule has 0 bridgehead atoms. The third-order valence-electron chi connectivity index (χ3n) is 3.99. The topological polar surface area (TPSA) is 81.8 Å². The number of furan rings is 1. The summed E-state index contributed by atoms with van der Waals surface area (Å²) in [5.74, 6) is 0.944. The van der Waals surface area contributed by atoms with E-state index in [0.717, 1.165) is 22.6 Å². The van der Waals surface area contributed by atoms with Crippen LogP contribution in [0.15, 0.2) is 53.1 Å². The molecule has 0 aliphatic heterocycles. The van der Waals surface area contributed by atoms with E-state index >= 15 is 0 Å². The predicted octanol–water partition coefficient (Wildman–Crippen LogP) is 3.98. The summed E-state index contributed by atoms with van der Waals surface area (Å²) in [4.78, 5) is 15.3. The smallest absolute Gasteiger partial charge is 0.371 e. The minimum absolute atomic E-state index is 0.0474. The number of aryl methyl sites for hydroxylation is 1. The van der Waals surface area contributed by atoms with Crippen molar-refractivity contribution >= 4 is 5.97 Å². The number of carboxylic acid groups (broad SMARTS) is 1. The molecular formula is C20H19NO5. The normalized spacial score (nSPS) is 10.5. The van der Waals surface area contributed by atoms with E-state index in [1.807, 2.05) is 36.4 Å². The molecule has 6 heteroatoms. The zero-order valence-electron chi connectivity index (χ0n) is 14.6. The fraction of sp³-hybridized carbons (Fsp3) is 0.200. The molecule has 26 heavy (non-hydrogen) atoms. The van der Waals surface area contributed by atoms with Gasteiger partial charge < -0.3 is 19.0 Å². The first-order valence-electron chi connectivity index (χ1n) is 8.12. The van der Waals surface area contributed by atoms with E-state index in [4.69, 9.17) is 19.0 Å². The van der Waals surface area contributed by atoms with Gasteiger partial charge in [0.15, 0.2) is 0 Å². The van der Waals surface area contributed by atoms with Gasteiger partial charge in [0.2, 0.25) is 5.76 Å². The highest BCUT2D eigenvalue weighted by Crippen LogP contribution is 2.22. The predicted molar refractivity (Wildman–Crippen MR) is 95.8 cm³/mol. The number of hydrogen-bond acceptors (Lipinski definition) is 5. The summed E-state index contributed by atoms with van der Waals surface area (Å²) in [5.41, 5.74) is 2.67. The van der Waals surface area contributed by atoms with Gasteiger partial charge in [-0.2, -0.15) is 0 Å². The lowest BCUT2D eigenvalue weighted by Crippen LogP contribution is -2.01. The molecule has 2 aromatic heterocycles. The first-order chi connectivity index (χ1) is 12.6. The van der Waals surface area contributed by atoms with E-state index in [1.54, 1.807) is 26.3 Å². The van der Waals surface area contributed by atoms with Crippen LogP contribution in [0.1, 0.15) is 21.9 Å². The van der Waals surface area contributed by atoms with E-state index < -0.39 is 5.97 Å². The molecule has 0 amide bonds. The number of ether oxygens (including phenoxy) is 2. The molecule has 0 unspecified atom stereocenters. The van der Waals surface area contributed by atoms with Crippen molar-refractivity contribution in [2.75, 3.05) is 13.7 Å². The van der Waals surface area contributed by atoms with Crippen LogP contribution in [-0.2, 0) is 6.42 Å². The van der Waals surface area contributed by atoms with Crippen LogP contribution in [0.5, 0.6) is 11.5 Å². The van der Waals surface area contributed by atoms with E-state index in [9.17, 15) is 4.79 Å². The number of carbonyl (C=O) groups is 1. The molecule has 134 valence electrons. The average molecular weight is 353 g/mol. The molecule has 6 nitrogen and oxygen atoms in total. The lowest BCUT2D eigenvalue weighted by Gasteiger charge is -2.07. The lowest BCUT2D eigenvalue weighted by molar-refractivity contribution is 0.0661. The van der Waals surface area contributed by atoms with Gasteiger partial charge in [-0.15, -0.1) is 0 Å². The van der Waals surface area contributed by atoms with Gasteiger partial charge >= 0.3 is 5.97 Å². The van der Waals surface area contributed by atoms with E-state index in [-0.39, 0.29) is 5.76 Å². The number of nitrogens with zero attached hydrogens (tertiary/aromatic N) is 1. The molecule has 0 spiro atoms. The van der Waals surface area contributed by atoms with Crippen LogP contribution >= 0.6 is 0 Å². The van der Waals surface area contributed by atoms with Crippen molar-refractivity contribution in [2.24, 2.45) is 0 Å². The highest BCUT2D eigenvalue weighted by Gasteiger charge is 2.12. The number of aromatic nitrogens is 1. The van der Waals surface area contributed by atoms with Gasteiger partial charge in [-0.25, -0.2) is 4.79 Å². The van der Waals surface area contributed by atoms with E-state index in [0.29, 0.717) is 24.5 Å². The number of rotatable bonds is 7. The van der Waals surface area contributed by atoms with Crippen LogP contribution in [0.3, 0.4) is 0 Å². The Morgan fingerprint density at radius 2 is 1.88 bits per heavy atom. The first kappa shape index (κ1) is 17.5. The molecule has 3 rings (SSSR count). The number of hydrogen-bond donors (Lipinski definition) is 1. The molecule has 3 aromatic rings. The lowest BCUT2D eigenvalue weighted by atomic mass is 10.1. The second kappa shape index (κ2) is 7.74. The molecule has 1 N–H and O–H groups in total. The van der Waals surface area contributed by atoms with Gasteiger partial charge in [0.05, 0.1) is 25.6 Å². The van der Waals surface area contributed by atoms with Crippen LogP contribution in [0.25, 0.3) is 11.3 Å². The Morgan fingerprint density at radius 1 is 1.15 bits per heavy atom. The molecule has 0 aliphatic rings. The van der Waals surface area contributed by atoms with Crippen molar-refractivity contribution in [3.63, 3.8) is 0 Å². The summed E-state index contributed by atoms with van der Waals surface area (Å²) < 4.78 is 16.0. The van der Waals surface area contributed by atoms with Crippen LogP contribution in [0.2, 0.25) is 0 Å². The van der Waals surface area contributed by atoms with Crippen LogP contribution in [-0.4, -0.2) is 29.8 Å². The zero-order chi connectivity index (χ0) is 18.5. The zero-order valence-corrected chi connectivity index (χ0v) is 14.6. The van der Waals surface area contributed by atoms with E-state index in [1.165, 1.54) is 0 Å². The monoisotopic (exact) mass is 353 g/mol. The number of benzene rings is 1. The molecule has 2 heterocycles. The fourth-order valence-corrected chi connectivity index (χ4v) is 2.55. The van der Waals surface area contributed by atoms with Crippen molar-refractivity contribution in [1.29, 1.82) is 0 Å². The number of aromatic carboxylic acids is 1. The summed E-state index contributed by atoms with van der Waals surface area (Å²) in [6.45, 7) is 2.18. The maximum atomic E-state index is 10.9. The third kappa shape index (κ3) is 4.03. The van der Waals surface area contributed by atoms with Gasteiger partial charge in [-0.05, 0) is 55.0 Å². The molecular weight excluding hydrogens is 334 g/mol. The fourth-order valence-electron chi connectivity index (χ4n) is 2.55. The van der Waals surface area contributed by atoms with Crippen LogP contribution in [0, 0.1) is 6.92 Å². The second-order valence-corrected chi connectivity index (χ2v) is 5.70. The van der Waals surface area contributed by atoms with Gasteiger partial charge in [-0.3, -0.25) is 4.98 Å². The molecule has 0 saturated carbocycles. The largest absolute Gasteiger partial charge is 0.495 e. The van der Waals surface area contributed by atoms with Gasteiger partial charge in [0.25, 0.3) is 0 Å². The highest BCUT2D eigenvalue weighted by molar-refractivity contribution is 5.84. The maximum Gasteiger partial charge on any atom is 0.371 e. The van der Waals surface area contributed by atoms with Crippen LogP contribution in [0.4, 0.5) is 0 Å². The minimum Gasteiger partial charge on any atom is -0.495 e. The Kier molecular flexibility index (Phi) is 5.22. The quantitative estimate of drug-likeness (QED) is 0.692. The number of carboxylic acids is 1. The minimum atomic E-state index is -1.07. The van der Waals surface area contributed by atoms with Crippen molar-refractivity contribution in [3.05, 3.63) is 65.7 Å². The summed E-state index contributed by atoms with van der Waals surface area (Å²) in [6.07, 6.45) is 2.25. The Labute approximate surface area is 151 Å². The Morgan fingerprint density at radius 3 is 2.46 bits per heavy atom. The second-order valence-electron chi connectivity index (χ2n) is 5.70. The van der Waals surface area contributed by atoms with Crippen molar-refractivity contribution in [2.45, 2.75) is 13.3 Å². The van der Waals surface area contributed by atoms with E-state index in [2.05, 4.69) is 4.98 Å².